The minimum Gasteiger partial charge on any atom is -0.482 e. The van der Waals surface area contributed by atoms with Crippen molar-refractivity contribution in [2.45, 2.75) is 23.1 Å². The number of hydrogen-bond acceptors (Lipinski definition) is 5. The third-order valence-electron chi connectivity index (χ3n) is 3.47. The van der Waals surface area contributed by atoms with E-state index in [-0.39, 0.29) is 28.2 Å². The van der Waals surface area contributed by atoms with E-state index in [1.54, 1.807) is 17.8 Å². The SMILES string of the molecule is CCCNS(=O)(=O)c1ccc(OCC(=O)Nc2cccc(SC)c2)c(Cl)c1. The van der Waals surface area contributed by atoms with Crippen molar-refractivity contribution in [3.05, 3.63) is 47.5 Å². The summed E-state index contributed by atoms with van der Waals surface area (Å²) in [5, 5.41) is 2.86. The molecule has 2 rings (SSSR count). The maximum atomic E-state index is 12.1. The lowest BCUT2D eigenvalue weighted by Crippen LogP contribution is -2.24. The molecule has 9 heteroatoms. The van der Waals surface area contributed by atoms with Crippen LogP contribution >= 0.6 is 23.4 Å². The molecule has 0 bridgehead atoms. The predicted molar refractivity (Wildman–Crippen MR) is 109 cm³/mol. The maximum Gasteiger partial charge on any atom is 0.262 e. The Kier molecular flexibility index (Phi) is 7.97. The van der Waals surface area contributed by atoms with E-state index in [9.17, 15) is 13.2 Å². The summed E-state index contributed by atoms with van der Waals surface area (Å²) >= 11 is 7.68. The van der Waals surface area contributed by atoms with Crippen LogP contribution in [0.25, 0.3) is 0 Å². The van der Waals surface area contributed by atoms with E-state index >= 15 is 0 Å². The molecular formula is C18H21ClN2O4S2. The van der Waals surface area contributed by atoms with E-state index in [2.05, 4.69) is 10.0 Å². The highest BCUT2D eigenvalue weighted by atomic mass is 35.5. The van der Waals surface area contributed by atoms with E-state index in [0.29, 0.717) is 18.7 Å². The third-order valence-corrected chi connectivity index (χ3v) is 5.95. The van der Waals surface area contributed by atoms with Crippen LogP contribution in [-0.4, -0.2) is 33.7 Å². The van der Waals surface area contributed by atoms with Gasteiger partial charge in [-0.05, 0) is 49.1 Å². The van der Waals surface area contributed by atoms with E-state index in [1.807, 2.05) is 31.4 Å². The molecule has 0 aliphatic heterocycles. The molecule has 0 spiro atoms. The van der Waals surface area contributed by atoms with E-state index in [0.717, 1.165) is 4.90 Å². The van der Waals surface area contributed by atoms with Gasteiger partial charge in [0.25, 0.3) is 5.91 Å². The van der Waals surface area contributed by atoms with Crippen LogP contribution in [0.2, 0.25) is 5.02 Å². The number of benzene rings is 2. The van der Waals surface area contributed by atoms with Gasteiger partial charge in [0.1, 0.15) is 5.75 Å². The van der Waals surface area contributed by atoms with Crippen LogP contribution in [-0.2, 0) is 14.8 Å². The number of carbonyl (C=O) groups excluding carboxylic acids is 1. The molecule has 1 amide bonds. The van der Waals surface area contributed by atoms with Crippen LogP contribution in [0.15, 0.2) is 52.3 Å². The highest BCUT2D eigenvalue weighted by Gasteiger charge is 2.16. The summed E-state index contributed by atoms with van der Waals surface area (Å²) in [6.45, 7) is 1.97. The fourth-order valence-electron chi connectivity index (χ4n) is 2.13. The molecule has 0 radical (unpaired) electrons. The summed E-state index contributed by atoms with van der Waals surface area (Å²) in [5.74, 6) is -0.107. The molecular weight excluding hydrogens is 408 g/mol. The molecule has 6 nitrogen and oxygen atoms in total. The first-order chi connectivity index (χ1) is 12.9. The summed E-state index contributed by atoms with van der Waals surface area (Å²) in [6, 6.07) is 11.6. The lowest BCUT2D eigenvalue weighted by atomic mass is 10.3. The number of carbonyl (C=O) groups is 1. The number of sulfonamides is 1. The standard InChI is InChI=1S/C18H21ClN2O4S2/c1-3-9-20-27(23,24)15-7-8-17(16(19)11-15)25-12-18(22)21-13-5-4-6-14(10-13)26-2/h4-8,10-11,20H,3,9,12H2,1-2H3,(H,21,22). The minimum atomic E-state index is -3.61. The van der Waals surface area contributed by atoms with Crippen molar-refractivity contribution >= 4 is 45.0 Å². The van der Waals surface area contributed by atoms with Crippen LogP contribution in [0.3, 0.4) is 0 Å². The zero-order valence-electron chi connectivity index (χ0n) is 15.0. The number of nitrogens with one attached hydrogen (secondary N) is 2. The van der Waals surface area contributed by atoms with Gasteiger partial charge in [0.15, 0.2) is 6.61 Å². The molecule has 146 valence electrons. The molecule has 0 aliphatic rings. The summed E-state index contributed by atoms with van der Waals surface area (Å²) in [4.78, 5) is 13.1. The van der Waals surface area contributed by atoms with Crippen molar-refractivity contribution < 1.29 is 17.9 Å². The van der Waals surface area contributed by atoms with Crippen molar-refractivity contribution in [3.63, 3.8) is 0 Å². The number of thioether (sulfide) groups is 1. The van der Waals surface area contributed by atoms with Gasteiger partial charge in [0.05, 0.1) is 9.92 Å². The van der Waals surface area contributed by atoms with Crippen molar-refractivity contribution in [2.24, 2.45) is 0 Å². The van der Waals surface area contributed by atoms with E-state index < -0.39 is 10.0 Å². The molecule has 0 aliphatic carbocycles. The van der Waals surface area contributed by atoms with Gasteiger partial charge in [-0.25, -0.2) is 13.1 Å². The highest BCUT2D eigenvalue weighted by Crippen LogP contribution is 2.27. The zero-order valence-corrected chi connectivity index (χ0v) is 17.4. The number of amides is 1. The molecule has 0 atom stereocenters. The van der Waals surface area contributed by atoms with E-state index in [4.69, 9.17) is 16.3 Å². The quantitative estimate of drug-likeness (QED) is 0.594. The summed E-state index contributed by atoms with van der Waals surface area (Å²) in [5.41, 5.74) is 0.671. The van der Waals surface area contributed by atoms with E-state index in [1.165, 1.54) is 18.2 Å². The van der Waals surface area contributed by atoms with Crippen LogP contribution in [0.1, 0.15) is 13.3 Å². The van der Waals surface area contributed by atoms with Gasteiger partial charge >= 0.3 is 0 Å². The summed E-state index contributed by atoms with van der Waals surface area (Å²) < 4.78 is 32.1. The van der Waals surface area contributed by atoms with Gasteiger partial charge in [-0.15, -0.1) is 11.8 Å². The Morgan fingerprint density at radius 2 is 2.00 bits per heavy atom. The number of rotatable bonds is 9. The Balaban J connectivity index is 1.98. The number of anilines is 1. The molecule has 0 saturated carbocycles. The number of ether oxygens (including phenoxy) is 1. The van der Waals surface area contributed by atoms with Crippen LogP contribution in [0, 0.1) is 0 Å². The lowest BCUT2D eigenvalue weighted by Gasteiger charge is -2.11. The first-order valence-corrected chi connectivity index (χ1v) is 11.3. The van der Waals surface area contributed by atoms with Gasteiger partial charge < -0.3 is 10.1 Å². The Hall–Kier alpha value is -1.74. The molecule has 0 saturated heterocycles. The smallest absolute Gasteiger partial charge is 0.262 e. The Bertz CT molecular complexity index is 904. The second-order valence-electron chi connectivity index (χ2n) is 5.56. The normalized spacial score (nSPS) is 11.2. The van der Waals surface area contributed by atoms with Crippen molar-refractivity contribution in [1.29, 1.82) is 0 Å². The second kappa shape index (κ2) is 9.98. The molecule has 0 aromatic heterocycles. The molecule has 27 heavy (non-hydrogen) atoms. The van der Waals surface area contributed by atoms with Gasteiger partial charge in [-0.3, -0.25) is 4.79 Å². The van der Waals surface area contributed by atoms with Crippen molar-refractivity contribution in [3.8, 4) is 5.75 Å². The zero-order chi connectivity index (χ0) is 19.9. The fourth-order valence-corrected chi connectivity index (χ4v) is 4.05. The molecule has 0 unspecified atom stereocenters. The van der Waals surface area contributed by atoms with Crippen molar-refractivity contribution in [1.82, 2.24) is 4.72 Å². The van der Waals surface area contributed by atoms with Gasteiger partial charge in [0.2, 0.25) is 10.0 Å². The first kappa shape index (κ1) is 21.6. The van der Waals surface area contributed by atoms with Crippen LogP contribution in [0.4, 0.5) is 5.69 Å². The average Bonchev–Trinajstić information content (AvgIpc) is 2.65. The second-order valence-corrected chi connectivity index (χ2v) is 8.61. The van der Waals surface area contributed by atoms with Crippen molar-refractivity contribution in [2.75, 3.05) is 24.7 Å². The minimum absolute atomic E-state index is 0.0478. The van der Waals surface area contributed by atoms with Gasteiger partial charge in [0, 0.05) is 17.1 Å². The fraction of sp³-hybridized carbons (Fsp3) is 0.278. The predicted octanol–water partition coefficient (Wildman–Crippen LogP) is 3.77. The highest BCUT2D eigenvalue weighted by molar-refractivity contribution is 7.98. The molecule has 0 heterocycles. The summed E-state index contributed by atoms with van der Waals surface area (Å²) in [7, 11) is -3.61. The Morgan fingerprint density at radius 3 is 2.67 bits per heavy atom. The van der Waals surface area contributed by atoms with Gasteiger partial charge in [-0.1, -0.05) is 24.6 Å². The number of hydrogen-bond donors (Lipinski definition) is 2. The lowest BCUT2D eigenvalue weighted by molar-refractivity contribution is -0.118. The summed E-state index contributed by atoms with van der Waals surface area (Å²) in [6.07, 6.45) is 2.64. The first-order valence-electron chi connectivity index (χ1n) is 8.21. The molecule has 0 fully saturated rings. The topological polar surface area (TPSA) is 84.5 Å². The largest absolute Gasteiger partial charge is 0.482 e. The van der Waals surface area contributed by atoms with Gasteiger partial charge in [-0.2, -0.15) is 0 Å². The average molecular weight is 429 g/mol. The molecule has 2 aromatic carbocycles. The Labute approximate surface area is 168 Å². The van der Waals surface area contributed by atoms with Crippen LogP contribution in [0.5, 0.6) is 5.75 Å². The monoisotopic (exact) mass is 428 g/mol. The van der Waals surface area contributed by atoms with Crippen LogP contribution < -0.4 is 14.8 Å². The molecule has 2 aromatic rings. The molecule has 2 N–H and O–H groups in total. The maximum absolute atomic E-state index is 12.1. The number of halogens is 1. The Morgan fingerprint density at radius 1 is 1.22 bits per heavy atom. The third kappa shape index (κ3) is 6.42.